The van der Waals surface area contributed by atoms with Gasteiger partial charge in [0.05, 0.1) is 18.5 Å². The topological polar surface area (TPSA) is 176 Å². The number of rotatable bonds is 10. The Kier molecular flexibility index (Phi) is 6.79. The molecule has 4 rings (SSSR count). The molecule has 14 nitrogen and oxygen atoms in total. The van der Waals surface area contributed by atoms with Crippen molar-refractivity contribution >= 4 is 11.0 Å². The lowest BCUT2D eigenvalue weighted by Gasteiger charge is -2.17. The highest BCUT2D eigenvalue weighted by Gasteiger charge is 2.16. The van der Waals surface area contributed by atoms with E-state index in [4.69, 9.17) is 13.9 Å². The van der Waals surface area contributed by atoms with Gasteiger partial charge in [0.15, 0.2) is 0 Å². The molecule has 2 unspecified atom stereocenters. The van der Waals surface area contributed by atoms with Crippen LogP contribution < -0.4 is 15.1 Å². The van der Waals surface area contributed by atoms with Gasteiger partial charge in [0.1, 0.15) is 54.2 Å². The minimum atomic E-state index is -0.904. The number of hydrogen-bond acceptors (Lipinski definition) is 12. The SMILES string of the molecule is Cc1cc(=O)oc2cc(OCC(O)Cn3nnnc3C)cc(OCC(O)Cn3nnnc3C)c12. The van der Waals surface area contributed by atoms with Crippen molar-refractivity contribution in [3.63, 3.8) is 0 Å². The van der Waals surface area contributed by atoms with E-state index in [1.807, 2.05) is 0 Å². The van der Waals surface area contributed by atoms with Crippen molar-refractivity contribution in [3.05, 3.63) is 45.8 Å². The van der Waals surface area contributed by atoms with Gasteiger partial charge in [-0.3, -0.25) is 0 Å². The predicted octanol–water partition coefficient (Wildman–Crippen LogP) is -0.429. The summed E-state index contributed by atoms with van der Waals surface area (Å²) >= 11 is 0. The first-order valence-corrected chi connectivity index (χ1v) is 10.5. The number of aliphatic hydroxyl groups is 2. The molecule has 4 aromatic rings. The molecule has 0 amide bonds. The third-order valence-electron chi connectivity index (χ3n) is 5.04. The van der Waals surface area contributed by atoms with Crippen LogP contribution in [-0.2, 0) is 13.1 Å². The monoisotopic (exact) mass is 472 g/mol. The first-order valence-electron chi connectivity index (χ1n) is 10.5. The molecule has 0 fully saturated rings. The Morgan fingerprint density at radius 3 is 2.06 bits per heavy atom. The fraction of sp³-hybridized carbons (Fsp3) is 0.450. The Morgan fingerprint density at radius 1 is 0.912 bits per heavy atom. The molecule has 0 bridgehead atoms. The van der Waals surface area contributed by atoms with Crippen molar-refractivity contribution < 1.29 is 24.1 Å². The molecule has 2 atom stereocenters. The van der Waals surface area contributed by atoms with Crippen LogP contribution in [0.3, 0.4) is 0 Å². The molecule has 1 aromatic carbocycles. The van der Waals surface area contributed by atoms with Gasteiger partial charge in [0, 0.05) is 18.2 Å². The number of ether oxygens (including phenoxy) is 2. The second-order valence-corrected chi connectivity index (χ2v) is 7.79. The van der Waals surface area contributed by atoms with E-state index in [1.165, 1.54) is 15.4 Å². The van der Waals surface area contributed by atoms with Crippen LogP contribution in [0.2, 0.25) is 0 Å². The number of benzene rings is 1. The van der Waals surface area contributed by atoms with Crippen molar-refractivity contribution in [2.45, 2.75) is 46.1 Å². The summed E-state index contributed by atoms with van der Waals surface area (Å²) in [6.07, 6.45) is -1.80. The minimum Gasteiger partial charge on any atom is -0.491 e. The Bertz CT molecular complexity index is 1330. The highest BCUT2D eigenvalue weighted by molar-refractivity contribution is 5.88. The van der Waals surface area contributed by atoms with Crippen molar-refractivity contribution in [2.24, 2.45) is 0 Å². The fourth-order valence-corrected chi connectivity index (χ4v) is 3.34. The number of nitrogens with zero attached hydrogens (tertiary/aromatic N) is 8. The normalized spacial score (nSPS) is 13.2. The van der Waals surface area contributed by atoms with E-state index in [0.717, 1.165) is 0 Å². The molecule has 0 aliphatic rings. The Hall–Kier alpha value is -3.91. The average Bonchev–Trinajstić information content (AvgIpc) is 3.37. The third-order valence-corrected chi connectivity index (χ3v) is 5.04. The minimum absolute atomic E-state index is 0.0680. The van der Waals surface area contributed by atoms with Gasteiger partial charge in [-0.05, 0) is 47.2 Å². The Balaban J connectivity index is 1.50. The summed E-state index contributed by atoms with van der Waals surface area (Å²) in [5.41, 5.74) is 0.387. The highest BCUT2D eigenvalue weighted by atomic mass is 16.5. The first-order chi connectivity index (χ1) is 16.3. The van der Waals surface area contributed by atoms with Crippen LogP contribution in [-0.4, -0.2) is 76.0 Å². The third kappa shape index (κ3) is 5.35. The van der Waals surface area contributed by atoms with E-state index in [-0.39, 0.29) is 31.9 Å². The molecule has 14 heteroatoms. The molecule has 0 aliphatic heterocycles. The van der Waals surface area contributed by atoms with Gasteiger partial charge in [-0.15, -0.1) is 10.2 Å². The molecule has 180 valence electrons. The molecule has 0 saturated heterocycles. The molecule has 0 spiro atoms. The van der Waals surface area contributed by atoms with Gasteiger partial charge in [-0.25, -0.2) is 14.2 Å². The largest absolute Gasteiger partial charge is 0.491 e. The van der Waals surface area contributed by atoms with Crippen molar-refractivity contribution in [3.8, 4) is 11.5 Å². The van der Waals surface area contributed by atoms with Crippen LogP contribution >= 0.6 is 0 Å². The summed E-state index contributed by atoms with van der Waals surface area (Å²) < 4.78 is 19.9. The van der Waals surface area contributed by atoms with Gasteiger partial charge in [0.2, 0.25) is 0 Å². The lowest BCUT2D eigenvalue weighted by Crippen LogP contribution is -2.25. The van der Waals surface area contributed by atoms with Crippen molar-refractivity contribution in [1.82, 2.24) is 40.4 Å². The van der Waals surface area contributed by atoms with E-state index in [1.54, 1.807) is 32.9 Å². The molecule has 2 N–H and O–H groups in total. The van der Waals surface area contributed by atoms with Crippen LogP contribution in [0.25, 0.3) is 11.0 Å². The fourth-order valence-electron chi connectivity index (χ4n) is 3.34. The van der Waals surface area contributed by atoms with Crippen LogP contribution in [0.1, 0.15) is 17.2 Å². The Labute approximate surface area is 192 Å². The number of aliphatic hydroxyl groups excluding tert-OH is 2. The maximum absolute atomic E-state index is 11.9. The van der Waals surface area contributed by atoms with Crippen molar-refractivity contribution in [1.29, 1.82) is 0 Å². The lowest BCUT2D eigenvalue weighted by atomic mass is 10.1. The summed E-state index contributed by atoms with van der Waals surface area (Å²) in [7, 11) is 0. The van der Waals surface area contributed by atoms with Crippen LogP contribution in [0.15, 0.2) is 27.4 Å². The maximum atomic E-state index is 11.9. The first kappa shape index (κ1) is 23.3. The zero-order chi connectivity index (χ0) is 24.2. The zero-order valence-corrected chi connectivity index (χ0v) is 18.8. The average molecular weight is 472 g/mol. The number of tetrazole rings is 2. The van der Waals surface area contributed by atoms with Crippen LogP contribution in [0, 0.1) is 20.8 Å². The van der Waals surface area contributed by atoms with Gasteiger partial charge in [-0.2, -0.15) is 0 Å². The second-order valence-electron chi connectivity index (χ2n) is 7.79. The molecule has 0 saturated carbocycles. The van der Waals surface area contributed by atoms with Gasteiger partial charge >= 0.3 is 5.63 Å². The summed E-state index contributed by atoms with van der Waals surface area (Å²) in [4.78, 5) is 11.9. The van der Waals surface area contributed by atoms with E-state index >= 15 is 0 Å². The lowest BCUT2D eigenvalue weighted by molar-refractivity contribution is 0.0853. The molecule has 34 heavy (non-hydrogen) atoms. The molecule has 3 aromatic heterocycles. The second kappa shape index (κ2) is 9.93. The summed E-state index contributed by atoms with van der Waals surface area (Å²) in [5, 5.41) is 43.5. The summed E-state index contributed by atoms with van der Waals surface area (Å²) in [6.45, 7) is 5.35. The zero-order valence-electron chi connectivity index (χ0n) is 18.8. The van der Waals surface area contributed by atoms with Crippen LogP contribution in [0.4, 0.5) is 0 Å². The van der Waals surface area contributed by atoms with E-state index < -0.39 is 17.8 Å². The summed E-state index contributed by atoms with van der Waals surface area (Å²) in [5.74, 6) is 1.79. The molecule has 3 heterocycles. The number of aromatic nitrogens is 8. The smallest absolute Gasteiger partial charge is 0.336 e. The van der Waals surface area contributed by atoms with Gasteiger partial charge < -0.3 is 24.1 Å². The van der Waals surface area contributed by atoms with Gasteiger partial charge in [-0.1, -0.05) is 0 Å². The maximum Gasteiger partial charge on any atom is 0.336 e. The molecule has 0 radical (unpaired) electrons. The van der Waals surface area contributed by atoms with E-state index in [0.29, 0.717) is 34.1 Å². The standard InChI is InChI=1S/C20H24N8O6/c1-11-4-19(31)34-18-6-16(32-9-14(29)7-27-12(2)21-23-25-27)5-17(20(11)18)33-10-15(30)8-28-13(3)22-24-26-28/h4-6,14-15,29-30H,7-10H2,1-3H3. The predicted molar refractivity (Wildman–Crippen MR) is 115 cm³/mol. The molecular weight excluding hydrogens is 448 g/mol. The highest BCUT2D eigenvalue weighted by Crippen LogP contribution is 2.33. The van der Waals surface area contributed by atoms with E-state index in [9.17, 15) is 15.0 Å². The van der Waals surface area contributed by atoms with Crippen molar-refractivity contribution in [2.75, 3.05) is 13.2 Å². The number of hydrogen-bond donors (Lipinski definition) is 2. The quantitative estimate of drug-likeness (QED) is 0.285. The summed E-state index contributed by atoms with van der Waals surface area (Å²) in [6, 6.07) is 4.51. The van der Waals surface area contributed by atoms with Crippen LogP contribution in [0.5, 0.6) is 11.5 Å². The number of aryl methyl sites for hydroxylation is 3. The molecule has 0 aliphatic carbocycles. The van der Waals surface area contributed by atoms with Gasteiger partial charge in [0.25, 0.3) is 0 Å². The number of fused-ring (bicyclic) bond motifs is 1. The molecular formula is C20H24N8O6. The van der Waals surface area contributed by atoms with E-state index in [2.05, 4.69) is 31.1 Å². The Morgan fingerprint density at radius 2 is 1.50 bits per heavy atom.